The van der Waals surface area contributed by atoms with Gasteiger partial charge < -0.3 is 23.8 Å². The van der Waals surface area contributed by atoms with Crippen LogP contribution in [0.1, 0.15) is 23.4 Å². The molecule has 1 heterocycles. The second kappa shape index (κ2) is 13.5. The lowest BCUT2D eigenvalue weighted by atomic mass is 10.1. The number of anilines is 1. The summed E-state index contributed by atoms with van der Waals surface area (Å²) in [5.41, 5.74) is 4.20. The minimum Gasteiger partial charge on any atom is -0.493 e. The molecular weight excluding hydrogens is 492 g/mol. The van der Waals surface area contributed by atoms with Crippen molar-refractivity contribution < 1.29 is 18.8 Å². The summed E-state index contributed by atoms with van der Waals surface area (Å²) in [5, 5.41) is 4.16. The quantitative estimate of drug-likeness (QED) is 0.240. The van der Waals surface area contributed by atoms with E-state index >= 15 is 0 Å². The Morgan fingerprint density at radius 1 is 0.821 bits per heavy atom. The van der Waals surface area contributed by atoms with Gasteiger partial charge in [0.25, 0.3) is 0 Å². The Balaban J connectivity index is 1.42. The summed E-state index contributed by atoms with van der Waals surface area (Å²) in [7, 11) is 7.24. The second-order valence-corrected chi connectivity index (χ2v) is 9.51. The first-order chi connectivity index (χ1) is 19.0. The summed E-state index contributed by atoms with van der Waals surface area (Å²) in [5.74, 6) is 2.50. The average molecular weight is 529 g/mol. The van der Waals surface area contributed by atoms with Gasteiger partial charge in [0.2, 0.25) is 17.6 Å². The van der Waals surface area contributed by atoms with E-state index in [1.165, 1.54) is 0 Å². The average Bonchev–Trinajstić information content (AvgIpc) is 3.45. The van der Waals surface area contributed by atoms with Crippen LogP contribution in [-0.4, -0.2) is 62.4 Å². The lowest BCUT2D eigenvalue weighted by Crippen LogP contribution is -2.35. The summed E-state index contributed by atoms with van der Waals surface area (Å²) in [4.78, 5) is 21.8. The van der Waals surface area contributed by atoms with Gasteiger partial charge in [0, 0.05) is 51.3 Å². The molecule has 39 heavy (non-hydrogen) atoms. The SMILES string of the molecule is COc1ccc(CCN(CCc2nc(-c3ccc(N(C)C)cc3)no2)C(=O)CCc2ccccc2)cc1OC. The van der Waals surface area contributed by atoms with Crippen molar-refractivity contribution in [2.24, 2.45) is 0 Å². The molecule has 0 aliphatic heterocycles. The third-order valence-corrected chi connectivity index (χ3v) is 6.65. The minimum absolute atomic E-state index is 0.0957. The van der Waals surface area contributed by atoms with Gasteiger partial charge in [-0.05, 0) is 60.4 Å². The van der Waals surface area contributed by atoms with Crippen LogP contribution >= 0.6 is 0 Å². The number of hydrogen-bond acceptors (Lipinski definition) is 7. The van der Waals surface area contributed by atoms with Crippen molar-refractivity contribution in [2.45, 2.75) is 25.7 Å². The van der Waals surface area contributed by atoms with E-state index in [2.05, 4.69) is 10.1 Å². The maximum Gasteiger partial charge on any atom is 0.228 e. The van der Waals surface area contributed by atoms with E-state index in [9.17, 15) is 4.79 Å². The van der Waals surface area contributed by atoms with Crippen molar-refractivity contribution in [2.75, 3.05) is 46.3 Å². The highest BCUT2D eigenvalue weighted by molar-refractivity contribution is 5.76. The predicted octanol–water partition coefficient (Wildman–Crippen LogP) is 5.07. The molecule has 1 amide bonds. The van der Waals surface area contributed by atoms with Gasteiger partial charge in [-0.25, -0.2) is 0 Å². The van der Waals surface area contributed by atoms with Crippen LogP contribution in [0.3, 0.4) is 0 Å². The van der Waals surface area contributed by atoms with Crippen molar-refractivity contribution >= 4 is 11.6 Å². The number of ether oxygens (including phenoxy) is 2. The molecule has 0 fully saturated rings. The zero-order valence-corrected chi connectivity index (χ0v) is 23.1. The Kier molecular flexibility index (Phi) is 9.56. The van der Waals surface area contributed by atoms with Gasteiger partial charge in [0.1, 0.15) is 0 Å². The predicted molar refractivity (Wildman–Crippen MR) is 152 cm³/mol. The van der Waals surface area contributed by atoms with Crippen LogP contribution in [-0.2, 0) is 24.1 Å². The first-order valence-corrected chi connectivity index (χ1v) is 13.1. The van der Waals surface area contributed by atoms with Crippen molar-refractivity contribution in [1.82, 2.24) is 15.0 Å². The van der Waals surface area contributed by atoms with Gasteiger partial charge in [-0.1, -0.05) is 41.6 Å². The molecule has 204 valence electrons. The van der Waals surface area contributed by atoms with E-state index < -0.39 is 0 Å². The van der Waals surface area contributed by atoms with Crippen LogP contribution in [0.25, 0.3) is 11.4 Å². The van der Waals surface area contributed by atoms with Crippen LogP contribution < -0.4 is 14.4 Å². The van der Waals surface area contributed by atoms with Crippen LogP contribution in [0, 0.1) is 0 Å². The lowest BCUT2D eigenvalue weighted by Gasteiger charge is -2.22. The zero-order chi connectivity index (χ0) is 27.6. The fourth-order valence-electron chi connectivity index (χ4n) is 4.33. The van der Waals surface area contributed by atoms with E-state index in [1.807, 2.05) is 96.7 Å². The van der Waals surface area contributed by atoms with E-state index in [-0.39, 0.29) is 5.91 Å². The normalized spacial score (nSPS) is 10.8. The summed E-state index contributed by atoms with van der Waals surface area (Å²) in [6, 6.07) is 23.9. The van der Waals surface area contributed by atoms with Gasteiger partial charge in [0.05, 0.1) is 14.2 Å². The Bertz CT molecular complexity index is 1340. The Morgan fingerprint density at radius 2 is 1.54 bits per heavy atom. The van der Waals surface area contributed by atoms with Crippen molar-refractivity contribution in [3.8, 4) is 22.9 Å². The summed E-state index contributed by atoms with van der Waals surface area (Å²) in [6.07, 6.45) is 2.29. The molecule has 4 rings (SSSR count). The number of amides is 1. The zero-order valence-electron chi connectivity index (χ0n) is 23.1. The fourth-order valence-corrected chi connectivity index (χ4v) is 4.33. The molecule has 4 aromatic rings. The Labute approximate surface area is 230 Å². The Morgan fingerprint density at radius 3 is 2.23 bits per heavy atom. The van der Waals surface area contributed by atoms with Gasteiger partial charge >= 0.3 is 0 Å². The number of methoxy groups -OCH3 is 2. The molecule has 0 N–H and O–H groups in total. The summed E-state index contributed by atoms with van der Waals surface area (Å²) >= 11 is 0. The standard InChI is InChI=1S/C31H36N4O4/c1-34(2)26-14-12-25(13-15-26)31-32-29(39-33-31)19-21-35(30(36)17-11-23-8-6-5-7-9-23)20-18-24-10-16-27(37-3)28(22-24)38-4/h5-10,12-16,22H,11,17-21H2,1-4H3. The molecule has 8 heteroatoms. The first kappa shape index (κ1) is 27.7. The molecule has 0 saturated heterocycles. The summed E-state index contributed by atoms with van der Waals surface area (Å²) < 4.78 is 16.3. The molecule has 0 saturated carbocycles. The van der Waals surface area contributed by atoms with Crippen molar-refractivity contribution in [3.05, 3.63) is 89.8 Å². The highest BCUT2D eigenvalue weighted by Gasteiger charge is 2.17. The minimum atomic E-state index is 0.0957. The highest BCUT2D eigenvalue weighted by atomic mass is 16.5. The molecule has 0 radical (unpaired) electrons. The van der Waals surface area contributed by atoms with Gasteiger partial charge in [-0.3, -0.25) is 4.79 Å². The number of benzene rings is 3. The topological polar surface area (TPSA) is 80.9 Å². The third kappa shape index (κ3) is 7.60. The lowest BCUT2D eigenvalue weighted by molar-refractivity contribution is -0.131. The molecule has 0 unspecified atom stereocenters. The number of carbonyl (C=O) groups is 1. The molecular formula is C31H36N4O4. The van der Waals surface area contributed by atoms with E-state index in [0.717, 1.165) is 22.4 Å². The largest absolute Gasteiger partial charge is 0.493 e. The van der Waals surface area contributed by atoms with Gasteiger partial charge in [-0.15, -0.1) is 0 Å². The number of hydrogen-bond donors (Lipinski definition) is 0. The van der Waals surface area contributed by atoms with Crippen LogP contribution in [0.5, 0.6) is 11.5 Å². The highest BCUT2D eigenvalue weighted by Crippen LogP contribution is 2.28. The molecule has 0 spiro atoms. The maximum atomic E-state index is 13.3. The number of aryl methyl sites for hydroxylation is 1. The van der Waals surface area contributed by atoms with Crippen molar-refractivity contribution in [3.63, 3.8) is 0 Å². The third-order valence-electron chi connectivity index (χ3n) is 6.65. The number of carbonyl (C=O) groups excluding carboxylic acids is 1. The number of rotatable bonds is 13. The molecule has 0 aliphatic rings. The van der Waals surface area contributed by atoms with E-state index in [0.29, 0.717) is 62.0 Å². The first-order valence-electron chi connectivity index (χ1n) is 13.1. The fraction of sp³-hybridized carbons (Fsp3) is 0.323. The van der Waals surface area contributed by atoms with E-state index in [4.69, 9.17) is 14.0 Å². The molecule has 1 aromatic heterocycles. The monoisotopic (exact) mass is 528 g/mol. The van der Waals surface area contributed by atoms with Crippen LogP contribution in [0.2, 0.25) is 0 Å². The number of nitrogens with zero attached hydrogens (tertiary/aromatic N) is 4. The smallest absolute Gasteiger partial charge is 0.228 e. The molecule has 0 aliphatic carbocycles. The van der Waals surface area contributed by atoms with E-state index in [1.54, 1.807) is 14.2 Å². The molecule has 0 bridgehead atoms. The Hall–Kier alpha value is -4.33. The van der Waals surface area contributed by atoms with Crippen LogP contribution in [0.15, 0.2) is 77.3 Å². The molecule has 8 nitrogen and oxygen atoms in total. The van der Waals surface area contributed by atoms with Gasteiger partial charge in [0.15, 0.2) is 11.5 Å². The summed E-state index contributed by atoms with van der Waals surface area (Å²) in [6.45, 7) is 1.05. The van der Waals surface area contributed by atoms with Gasteiger partial charge in [-0.2, -0.15) is 4.98 Å². The molecule has 3 aromatic carbocycles. The number of aromatic nitrogens is 2. The molecule has 0 atom stereocenters. The second-order valence-electron chi connectivity index (χ2n) is 9.51. The van der Waals surface area contributed by atoms with Crippen LogP contribution in [0.4, 0.5) is 5.69 Å². The van der Waals surface area contributed by atoms with Crippen molar-refractivity contribution in [1.29, 1.82) is 0 Å². The maximum absolute atomic E-state index is 13.3.